The largest absolute Gasteiger partial charge is 0.389 e. The van der Waals surface area contributed by atoms with Crippen molar-refractivity contribution in [1.29, 1.82) is 0 Å². The van der Waals surface area contributed by atoms with Gasteiger partial charge in [-0.3, -0.25) is 0 Å². The highest BCUT2D eigenvalue weighted by Gasteiger charge is 2.25. The lowest BCUT2D eigenvalue weighted by atomic mass is 10.2. The van der Waals surface area contributed by atoms with Crippen molar-refractivity contribution in [3.8, 4) is 0 Å². The molecule has 1 rings (SSSR count). The predicted molar refractivity (Wildman–Crippen MR) is 50.2 cm³/mol. The number of rotatable bonds is 4. The van der Waals surface area contributed by atoms with Gasteiger partial charge in [0.15, 0.2) is 0 Å². The Labute approximate surface area is 85.1 Å². The zero-order valence-corrected chi connectivity index (χ0v) is 7.94. The standard InChI is InChI=1S/C10H11F4N/c11-8-4-1-2-5-9(8)15-7-3-6-10(12,13)14/h1-2,4-5,15H,3,6-7H2. The number of para-hydroxylation sites is 1. The molecular weight excluding hydrogens is 210 g/mol. The number of hydrogen-bond acceptors (Lipinski definition) is 1. The first-order chi connectivity index (χ1) is 6.99. The smallest absolute Gasteiger partial charge is 0.383 e. The molecule has 0 aliphatic heterocycles. The average Bonchev–Trinajstić information content (AvgIpc) is 2.13. The normalized spacial score (nSPS) is 11.5. The minimum Gasteiger partial charge on any atom is -0.383 e. The number of halogens is 4. The molecule has 0 spiro atoms. The van der Waals surface area contributed by atoms with Crippen molar-refractivity contribution >= 4 is 5.69 Å². The number of nitrogens with one attached hydrogen (secondary N) is 1. The van der Waals surface area contributed by atoms with Crippen molar-refractivity contribution in [3.05, 3.63) is 30.1 Å². The summed E-state index contributed by atoms with van der Waals surface area (Å²) >= 11 is 0. The molecular formula is C10H11F4N. The summed E-state index contributed by atoms with van der Waals surface area (Å²) in [6.45, 7) is 0.112. The molecule has 0 atom stereocenters. The van der Waals surface area contributed by atoms with Crippen LogP contribution in [0.5, 0.6) is 0 Å². The Morgan fingerprint density at radius 2 is 1.80 bits per heavy atom. The lowest BCUT2D eigenvalue weighted by Crippen LogP contribution is -2.11. The lowest BCUT2D eigenvalue weighted by molar-refractivity contribution is -0.134. The van der Waals surface area contributed by atoms with Crippen LogP contribution < -0.4 is 5.32 Å². The van der Waals surface area contributed by atoms with E-state index in [0.29, 0.717) is 0 Å². The first kappa shape index (κ1) is 11.8. The molecule has 0 bridgehead atoms. The third kappa shape index (κ3) is 4.67. The summed E-state index contributed by atoms with van der Waals surface area (Å²) in [5.74, 6) is -0.454. The maximum Gasteiger partial charge on any atom is 0.389 e. The van der Waals surface area contributed by atoms with E-state index in [-0.39, 0.29) is 18.7 Å². The predicted octanol–water partition coefficient (Wildman–Crippen LogP) is 3.58. The summed E-state index contributed by atoms with van der Waals surface area (Å²) in [6.07, 6.45) is -5.05. The molecule has 0 radical (unpaired) electrons. The van der Waals surface area contributed by atoms with Crippen molar-refractivity contribution in [2.45, 2.75) is 19.0 Å². The Morgan fingerprint density at radius 1 is 1.13 bits per heavy atom. The second-order valence-electron chi connectivity index (χ2n) is 3.13. The number of hydrogen-bond donors (Lipinski definition) is 1. The first-order valence-corrected chi connectivity index (χ1v) is 4.54. The minimum absolute atomic E-state index is 0.0577. The van der Waals surface area contributed by atoms with E-state index in [1.807, 2.05) is 0 Å². The van der Waals surface area contributed by atoms with Gasteiger partial charge < -0.3 is 5.32 Å². The van der Waals surface area contributed by atoms with Crippen molar-refractivity contribution in [2.75, 3.05) is 11.9 Å². The lowest BCUT2D eigenvalue weighted by Gasteiger charge is -2.08. The molecule has 0 heterocycles. The van der Waals surface area contributed by atoms with Crippen LogP contribution in [0.4, 0.5) is 23.2 Å². The highest BCUT2D eigenvalue weighted by molar-refractivity contribution is 5.44. The maximum atomic E-state index is 13.0. The second-order valence-corrected chi connectivity index (χ2v) is 3.13. The number of alkyl halides is 3. The van der Waals surface area contributed by atoms with Crippen LogP contribution in [0.15, 0.2) is 24.3 Å². The van der Waals surface area contributed by atoms with Gasteiger partial charge >= 0.3 is 6.18 Å². The molecule has 0 aliphatic carbocycles. The van der Waals surface area contributed by atoms with E-state index in [0.717, 1.165) is 0 Å². The summed E-state index contributed by atoms with van der Waals surface area (Å²) in [5.41, 5.74) is 0.236. The van der Waals surface area contributed by atoms with Gasteiger partial charge in [-0.15, -0.1) is 0 Å². The van der Waals surface area contributed by atoms with E-state index >= 15 is 0 Å². The topological polar surface area (TPSA) is 12.0 Å². The van der Waals surface area contributed by atoms with Gasteiger partial charge in [-0.2, -0.15) is 13.2 Å². The molecule has 0 saturated heterocycles. The van der Waals surface area contributed by atoms with Crippen LogP contribution in [0, 0.1) is 5.82 Å². The molecule has 15 heavy (non-hydrogen) atoms. The van der Waals surface area contributed by atoms with E-state index in [1.165, 1.54) is 18.2 Å². The van der Waals surface area contributed by atoms with E-state index in [1.54, 1.807) is 6.07 Å². The fourth-order valence-corrected chi connectivity index (χ4v) is 1.12. The molecule has 0 aromatic heterocycles. The van der Waals surface area contributed by atoms with Gasteiger partial charge in [0.25, 0.3) is 0 Å². The third-order valence-corrected chi connectivity index (χ3v) is 1.83. The van der Waals surface area contributed by atoms with Crippen LogP contribution in [0.1, 0.15) is 12.8 Å². The van der Waals surface area contributed by atoms with Crippen molar-refractivity contribution < 1.29 is 17.6 Å². The molecule has 0 amide bonds. The summed E-state index contributed by atoms with van der Waals surface area (Å²) in [7, 11) is 0. The van der Waals surface area contributed by atoms with Crippen LogP contribution in [0.2, 0.25) is 0 Å². The van der Waals surface area contributed by atoms with E-state index in [4.69, 9.17) is 0 Å². The summed E-state index contributed by atoms with van der Waals surface area (Å²) in [4.78, 5) is 0. The Balaban J connectivity index is 2.30. The zero-order chi connectivity index (χ0) is 11.3. The van der Waals surface area contributed by atoms with Gasteiger partial charge in [-0.25, -0.2) is 4.39 Å². The molecule has 0 aliphatic rings. The molecule has 1 nitrogen and oxygen atoms in total. The van der Waals surface area contributed by atoms with Gasteiger partial charge in [0.2, 0.25) is 0 Å². The highest BCUT2D eigenvalue weighted by atomic mass is 19.4. The molecule has 5 heteroatoms. The molecule has 0 saturated carbocycles. The van der Waals surface area contributed by atoms with Crippen LogP contribution >= 0.6 is 0 Å². The van der Waals surface area contributed by atoms with Gasteiger partial charge in [-0.1, -0.05) is 12.1 Å². The molecule has 1 aromatic rings. The quantitative estimate of drug-likeness (QED) is 0.605. The van der Waals surface area contributed by atoms with E-state index < -0.39 is 18.4 Å². The number of anilines is 1. The van der Waals surface area contributed by atoms with Crippen molar-refractivity contribution in [2.24, 2.45) is 0 Å². The molecule has 1 N–H and O–H groups in total. The third-order valence-electron chi connectivity index (χ3n) is 1.83. The SMILES string of the molecule is Fc1ccccc1NCCCC(F)(F)F. The van der Waals surface area contributed by atoms with Gasteiger partial charge in [0.1, 0.15) is 5.82 Å². The average molecular weight is 221 g/mol. The minimum atomic E-state index is -4.14. The Hall–Kier alpha value is -1.26. The highest BCUT2D eigenvalue weighted by Crippen LogP contribution is 2.21. The molecule has 1 aromatic carbocycles. The van der Waals surface area contributed by atoms with Gasteiger partial charge in [0.05, 0.1) is 5.69 Å². The first-order valence-electron chi connectivity index (χ1n) is 4.54. The Morgan fingerprint density at radius 3 is 2.40 bits per heavy atom. The van der Waals surface area contributed by atoms with Gasteiger partial charge in [0, 0.05) is 13.0 Å². The second kappa shape index (κ2) is 5.00. The van der Waals surface area contributed by atoms with Gasteiger partial charge in [-0.05, 0) is 18.6 Å². The van der Waals surface area contributed by atoms with E-state index in [2.05, 4.69) is 5.32 Å². The van der Waals surface area contributed by atoms with Crippen LogP contribution in [-0.2, 0) is 0 Å². The van der Waals surface area contributed by atoms with Crippen molar-refractivity contribution in [1.82, 2.24) is 0 Å². The number of benzene rings is 1. The van der Waals surface area contributed by atoms with Crippen LogP contribution in [-0.4, -0.2) is 12.7 Å². The fraction of sp³-hybridized carbons (Fsp3) is 0.400. The summed E-state index contributed by atoms with van der Waals surface area (Å²) in [6, 6.07) is 5.89. The zero-order valence-electron chi connectivity index (χ0n) is 7.94. The molecule has 84 valence electrons. The Bertz CT molecular complexity index is 309. The maximum absolute atomic E-state index is 13.0. The summed E-state index contributed by atoms with van der Waals surface area (Å²) < 4.78 is 48.2. The van der Waals surface area contributed by atoms with Crippen molar-refractivity contribution in [3.63, 3.8) is 0 Å². The van der Waals surface area contributed by atoms with E-state index in [9.17, 15) is 17.6 Å². The summed E-state index contributed by atoms with van der Waals surface area (Å²) in [5, 5.41) is 2.61. The molecule has 0 unspecified atom stereocenters. The monoisotopic (exact) mass is 221 g/mol. The Kier molecular flexibility index (Phi) is 3.94. The molecule has 0 fully saturated rings. The van der Waals surface area contributed by atoms with Crippen LogP contribution in [0.25, 0.3) is 0 Å². The van der Waals surface area contributed by atoms with Crippen LogP contribution in [0.3, 0.4) is 0 Å². The fourth-order valence-electron chi connectivity index (χ4n) is 1.12.